The summed E-state index contributed by atoms with van der Waals surface area (Å²) in [5, 5.41) is 10.7. The number of hydrogen-bond acceptors (Lipinski definition) is 5. The van der Waals surface area contributed by atoms with Crippen LogP contribution >= 0.6 is 23.2 Å². The maximum atomic E-state index is 13.7. The Bertz CT molecular complexity index is 1180. The van der Waals surface area contributed by atoms with Crippen molar-refractivity contribution in [2.24, 2.45) is 0 Å². The van der Waals surface area contributed by atoms with Crippen LogP contribution < -0.4 is 4.90 Å². The third-order valence-corrected chi connectivity index (χ3v) is 7.25. The summed E-state index contributed by atoms with van der Waals surface area (Å²) in [7, 11) is -4.03. The van der Waals surface area contributed by atoms with Crippen LogP contribution in [0.2, 0.25) is 10.0 Å². The molecule has 152 valence electrons. The molecule has 1 saturated heterocycles. The van der Waals surface area contributed by atoms with E-state index >= 15 is 0 Å². The number of aliphatic hydroxyl groups is 1. The highest BCUT2D eigenvalue weighted by Gasteiger charge is 2.32. The number of sulfone groups is 1. The highest BCUT2D eigenvalue weighted by Crippen LogP contribution is 2.40. The molecule has 9 heteroatoms. The number of pyridine rings is 1. The Hall–Kier alpha value is -1.93. The van der Waals surface area contributed by atoms with Gasteiger partial charge >= 0.3 is 0 Å². The number of anilines is 1. The van der Waals surface area contributed by atoms with Gasteiger partial charge < -0.3 is 10.0 Å². The van der Waals surface area contributed by atoms with Crippen LogP contribution in [0.4, 0.5) is 10.1 Å². The van der Waals surface area contributed by atoms with Gasteiger partial charge in [0.2, 0.25) is 9.84 Å². The fraction of sp³-hybridized carbons (Fsp3) is 0.250. The lowest BCUT2D eigenvalue weighted by Crippen LogP contribution is -2.33. The van der Waals surface area contributed by atoms with Crippen molar-refractivity contribution in [3.8, 4) is 0 Å². The number of hydrogen-bond donors (Lipinski definition) is 1. The van der Waals surface area contributed by atoms with E-state index in [-0.39, 0.29) is 32.5 Å². The quantitative estimate of drug-likeness (QED) is 0.629. The third kappa shape index (κ3) is 3.68. The van der Waals surface area contributed by atoms with Crippen LogP contribution in [0.25, 0.3) is 10.9 Å². The zero-order chi connectivity index (χ0) is 20.8. The monoisotopic (exact) mass is 454 g/mol. The Morgan fingerprint density at radius 3 is 2.59 bits per heavy atom. The maximum absolute atomic E-state index is 13.7. The molecule has 1 aliphatic rings. The van der Waals surface area contributed by atoms with E-state index in [2.05, 4.69) is 4.98 Å². The molecule has 4 rings (SSSR count). The predicted molar refractivity (Wildman–Crippen MR) is 111 cm³/mol. The van der Waals surface area contributed by atoms with Gasteiger partial charge in [0.25, 0.3) is 0 Å². The normalized spacial score (nSPS) is 17.2. The summed E-state index contributed by atoms with van der Waals surface area (Å²) in [6.07, 6.45) is 2.76. The SMILES string of the molecule is O=S(=O)(c1cc(Cl)cc(Cl)c1)c1cnc2cc(F)ccc2c1N1CCCC1CO. The molecule has 29 heavy (non-hydrogen) atoms. The standard InChI is InChI=1S/C20H17Cl2FN2O3S/c21-12-6-13(22)8-16(7-12)29(27,28)19-10-24-18-9-14(23)3-4-17(18)20(19)25-5-1-2-15(25)11-26/h3-4,6-10,15,26H,1-2,5,11H2. The Morgan fingerprint density at radius 2 is 1.90 bits per heavy atom. The highest BCUT2D eigenvalue weighted by atomic mass is 35.5. The summed E-state index contributed by atoms with van der Waals surface area (Å²) in [6.45, 7) is 0.452. The van der Waals surface area contributed by atoms with Crippen LogP contribution in [-0.4, -0.2) is 37.7 Å². The van der Waals surface area contributed by atoms with Gasteiger partial charge in [0.05, 0.1) is 28.7 Å². The van der Waals surface area contributed by atoms with Gasteiger partial charge in [0, 0.05) is 34.2 Å². The number of fused-ring (bicyclic) bond motifs is 1. The molecular weight excluding hydrogens is 438 g/mol. The molecule has 1 unspecified atom stereocenters. The molecule has 0 amide bonds. The van der Waals surface area contributed by atoms with Crippen molar-refractivity contribution in [1.82, 2.24) is 4.98 Å². The second kappa shape index (κ2) is 7.72. The molecule has 2 aromatic carbocycles. The van der Waals surface area contributed by atoms with E-state index in [1.54, 1.807) is 0 Å². The van der Waals surface area contributed by atoms with Crippen LogP contribution in [-0.2, 0) is 9.84 Å². The van der Waals surface area contributed by atoms with E-state index in [1.807, 2.05) is 4.90 Å². The van der Waals surface area contributed by atoms with Gasteiger partial charge in [-0.25, -0.2) is 12.8 Å². The minimum atomic E-state index is -4.03. The lowest BCUT2D eigenvalue weighted by Gasteiger charge is -2.28. The smallest absolute Gasteiger partial charge is 0.210 e. The number of aliphatic hydroxyl groups excluding tert-OH is 1. The first-order valence-electron chi connectivity index (χ1n) is 8.98. The zero-order valence-electron chi connectivity index (χ0n) is 15.1. The molecule has 1 N–H and O–H groups in total. The number of halogens is 3. The largest absolute Gasteiger partial charge is 0.394 e. The summed E-state index contributed by atoms with van der Waals surface area (Å²) in [5.74, 6) is -0.465. The molecular formula is C20H17Cl2FN2O3S. The molecule has 3 aromatic rings. The van der Waals surface area contributed by atoms with Crippen LogP contribution in [0.5, 0.6) is 0 Å². The molecule has 1 aromatic heterocycles. The van der Waals surface area contributed by atoms with Crippen molar-refractivity contribution in [3.63, 3.8) is 0 Å². The van der Waals surface area contributed by atoms with Crippen LogP contribution in [0.1, 0.15) is 12.8 Å². The minimum Gasteiger partial charge on any atom is -0.394 e. The number of nitrogens with zero attached hydrogens (tertiary/aromatic N) is 2. The Kier molecular flexibility index (Phi) is 5.42. The van der Waals surface area contributed by atoms with Crippen molar-refractivity contribution >= 4 is 49.6 Å². The van der Waals surface area contributed by atoms with Gasteiger partial charge in [0.1, 0.15) is 10.7 Å². The van der Waals surface area contributed by atoms with Crippen molar-refractivity contribution in [2.75, 3.05) is 18.1 Å². The van der Waals surface area contributed by atoms with Gasteiger partial charge in [-0.05, 0) is 43.2 Å². The fourth-order valence-electron chi connectivity index (χ4n) is 3.76. The minimum absolute atomic E-state index is 0.0321. The van der Waals surface area contributed by atoms with Gasteiger partial charge in [-0.2, -0.15) is 0 Å². The van der Waals surface area contributed by atoms with Gasteiger partial charge in [-0.3, -0.25) is 4.98 Å². The van der Waals surface area contributed by atoms with Crippen molar-refractivity contribution in [3.05, 3.63) is 58.5 Å². The molecule has 0 radical (unpaired) electrons. The first kappa shape index (κ1) is 20.3. The first-order valence-corrected chi connectivity index (χ1v) is 11.2. The maximum Gasteiger partial charge on any atom is 0.210 e. The number of aromatic nitrogens is 1. The first-order chi connectivity index (χ1) is 13.8. The summed E-state index contributed by atoms with van der Waals surface area (Å²) in [6, 6.07) is 7.92. The molecule has 0 bridgehead atoms. The Balaban J connectivity index is 2.01. The summed E-state index contributed by atoms with van der Waals surface area (Å²) in [4.78, 5) is 5.96. The third-order valence-electron chi connectivity index (χ3n) is 5.08. The molecule has 0 saturated carbocycles. The summed E-state index contributed by atoms with van der Waals surface area (Å²) in [5.41, 5.74) is 0.745. The van der Waals surface area contributed by atoms with E-state index in [4.69, 9.17) is 23.2 Å². The lowest BCUT2D eigenvalue weighted by molar-refractivity contribution is 0.266. The number of rotatable bonds is 4. The lowest BCUT2D eigenvalue weighted by atomic mass is 10.1. The molecule has 2 heterocycles. The Labute approximate surface area is 177 Å². The summed E-state index contributed by atoms with van der Waals surface area (Å²) >= 11 is 12.0. The predicted octanol–water partition coefficient (Wildman–Crippen LogP) is 4.47. The van der Waals surface area contributed by atoms with E-state index in [1.165, 1.54) is 42.6 Å². The second-order valence-corrected chi connectivity index (χ2v) is 9.70. The average Bonchev–Trinajstić information content (AvgIpc) is 3.14. The van der Waals surface area contributed by atoms with E-state index < -0.39 is 15.7 Å². The van der Waals surface area contributed by atoms with E-state index in [9.17, 15) is 17.9 Å². The molecule has 1 fully saturated rings. The summed E-state index contributed by atoms with van der Waals surface area (Å²) < 4.78 is 40.7. The molecule has 0 spiro atoms. The topological polar surface area (TPSA) is 70.5 Å². The highest BCUT2D eigenvalue weighted by molar-refractivity contribution is 7.91. The van der Waals surface area contributed by atoms with Gasteiger partial charge in [-0.15, -0.1) is 0 Å². The van der Waals surface area contributed by atoms with Crippen LogP contribution in [0, 0.1) is 5.82 Å². The van der Waals surface area contributed by atoms with Gasteiger partial charge in [-0.1, -0.05) is 23.2 Å². The van der Waals surface area contributed by atoms with Crippen molar-refractivity contribution in [1.29, 1.82) is 0 Å². The van der Waals surface area contributed by atoms with E-state index in [0.29, 0.717) is 23.1 Å². The van der Waals surface area contributed by atoms with Crippen molar-refractivity contribution < 1.29 is 17.9 Å². The second-order valence-electron chi connectivity index (χ2n) is 6.91. The molecule has 0 aliphatic carbocycles. The van der Waals surface area contributed by atoms with Crippen LogP contribution in [0.15, 0.2) is 52.4 Å². The van der Waals surface area contributed by atoms with Crippen LogP contribution in [0.3, 0.4) is 0 Å². The van der Waals surface area contributed by atoms with E-state index in [0.717, 1.165) is 12.8 Å². The molecule has 1 atom stereocenters. The Morgan fingerprint density at radius 1 is 1.17 bits per heavy atom. The average molecular weight is 455 g/mol. The van der Waals surface area contributed by atoms with Crippen molar-refractivity contribution in [2.45, 2.75) is 28.7 Å². The van der Waals surface area contributed by atoms with Gasteiger partial charge in [0.15, 0.2) is 0 Å². The number of benzene rings is 2. The molecule has 5 nitrogen and oxygen atoms in total. The fourth-order valence-corrected chi connectivity index (χ4v) is 5.90. The zero-order valence-corrected chi connectivity index (χ0v) is 17.5. The molecule has 1 aliphatic heterocycles.